The molecule has 0 aromatic heterocycles. The Morgan fingerprint density at radius 2 is 0.720 bits per heavy atom. The zero-order valence-corrected chi connectivity index (χ0v) is 25.3. The third kappa shape index (κ3) is 27.6. The minimum absolute atomic E-state index is 0. The first-order valence-corrected chi connectivity index (χ1v) is 10.9. The van der Waals surface area contributed by atoms with Gasteiger partial charge in [0.15, 0.2) is 0 Å². The van der Waals surface area contributed by atoms with Gasteiger partial charge in [-0.25, -0.2) is 0 Å². The summed E-state index contributed by atoms with van der Waals surface area (Å²) in [6, 6.07) is 0. The van der Waals surface area contributed by atoms with Gasteiger partial charge in [0.05, 0.1) is 0 Å². The van der Waals surface area contributed by atoms with Gasteiger partial charge in [-0.1, -0.05) is 33.1 Å². The molecule has 0 bridgehead atoms. The van der Waals surface area contributed by atoms with Crippen LogP contribution in [0.1, 0.15) is 0 Å². The maximum atomic E-state index is 5.07. The molecule has 0 fully saturated rings. The molecule has 0 amide bonds. The van der Waals surface area contributed by atoms with Crippen molar-refractivity contribution < 1.29 is 19.5 Å². The summed E-state index contributed by atoms with van der Waals surface area (Å²) in [5, 5.41) is 0. The molecular formula is C12H24N4S8Zn. The average Bonchev–Trinajstić information content (AvgIpc) is 2.44. The molecule has 0 aromatic carbocycles. The molecule has 0 aliphatic carbocycles. The van der Waals surface area contributed by atoms with Crippen LogP contribution < -0.4 is 0 Å². The molecule has 0 rings (SSSR count). The second-order valence-corrected chi connectivity index (χ2v) is 10.3. The zero-order valence-electron chi connectivity index (χ0n) is 15.8. The van der Waals surface area contributed by atoms with Crippen molar-refractivity contribution in [3.8, 4) is 0 Å². The van der Waals surface area contributed by atoms with Gasteiger partial charge in [-0.05, 0) is 21.6 Å². The van der Waals surface area contributed by atoms with Crippen molar-refractivity contribution in [2.75, 3.05) is 56.4 Å². The van der Waals surface area contributed by atoms with Gasteiger partial charge in [0.2, 0.25) is 0 Å². The minimum atomic E-state index is 0. The predicted octanol–water partition coefficient (Wildman–Crippen LogP) is 2.82. The van der Waals surface area contributed by atoms with Crippen molar-refractivity contribution in [3.63, 3.8) is 0 Å². The van der Waals surface area contributed by atoms with E-state index < -0.39 is 0 Å². The first-order chi connectivity index (χ1) is 10.7. The van der Waals surface area contributed by atoms with Gasteiger partial charge >= 0.3 is 19.5 Å². The van der Waals surface area contributed by atoms with Gasteiger partial charge in [0.1, 0.15) is 8.64 Å². The van der Waals surface area contributed by atoms with Crippen LogP contribution in [0.25, 0.3) is 0 Å². The summed E-state index contributed by atoms with van der Waals surface area (Å²) in [5.74, 6) is 0. The number of thiocarbonyl (C=S) groups is 4. The van der Waals surface area contributed by atoms with E-state index in [4.69, 9.17) is 24.4 Å². The fraction of sp³-hybridized carbons (Fsp3) is 0.667. The Morgan fingerprint density at radius 3 is 0.800 bits per heavy atom. The third-order valence-electron chi connectivity index (χ3n) is 1.64. The number of rotatable bonds is 0. The standard InChI is InChI=1S/C6H12N2S4.2C3H7NS2.Zn/c1-7(2)5(9)11-12-6(10)8(3)4;2*1-4(2)3(5)6;/h1-4H3;2*1-2H3,(H,5,6);/q;;;+2/p-2. The van der Waals surface area contributed by atoms with E-state index in [0.717, 1.165) is 8.64 Å². The molecule has 0 atom stereocenters. The van der Waals surface area contributed by atoms with Crippen molar-refractivity contribution in [3.05, 3.63) is 0 Å². The Morgan fingerprint density at radius 1 is 0.560 bits per heavy atom. The third-order valence-corrected chi connectivity index (χ3v) is 7.26. The van der Waals surface area contributed by atoms with Crippen molar-refractivity contribution in [2.45, 2.75) is 0 Å². The van der Waals surface area contributed by atoms with Crippen molar-refractivity contribution in [1.82, 2.24) is 19.6 Å². The van der Waals surface area contributed by atoms with E-state index in [1.54, 1.807) is 9.80 Å². The molecule has 0 N–H and O–H groups in total. The predicted molar refractivity (Wildman–Crippen MR) is 135 cm³/mol. The smallest absolute Gasteiger partial charge is 0.411 e. The minimum Gasteiger partial charge on any atom is -0.411 e. The number of hydrogen-bond donors (Lipinski definition) is 0. The van der Waals surface area contributed by atoms with E-state index in [9.17, 15) is 0 Å². The molecular weight excluding hydrogens is 522 g/mol. The fourth-order valence-electron chi connectivity index (χ4n) is 0.220. The summed E-state index contributed by atoms with van der Waals surface area (Å²) < 4.78 is 2.69. The first kappa shape index (κ1) is 33.9. The summed E-state index contributed by atoms with van der Waals surface area (Å²) in [5.41, 5.74) is 0. The van der Waals surface area contributed by atoms with E-state index >= 15 is 0 Å². The van der Waals surface area contributed by atoms with E-state index in [0.29, 0.717) is 8.64 Å². The van der Waals surface area contributed by atoms with Crippen LogP contribution in [0.4, 0.5) is 0 Å². The molecule has 142 valence electrons. The summed E-state index contributed by atoms with van der Waals surface area (Å²) >= 11 is 28.4. The van der Waals surface area contributed by atoms with E-state index in [2.05, 4.69) is 49.7 Å². The molecule has 25 heavy (non-hydrogen) atoms. The molecule has 0 saturated heterocycles. The van der Waals surface area contributed by atoms with Crippen molar-refractivity contribution >= 4 is 113 Å². The van der Waals surface area contributed by atoms with E-state index in [1.807, 2.05) is 66.2 Å². The molecule has 0 unspecified atom stereocenters. The average molecular weight is 546 g/mol. The van der Waals surface area contributed by atoms with Crippen LogP contribution >= 0.6 is 70.5 Å². The molecule has 0 spiro atoms. The fourth-order valence-corrected chi connectivity index (χ4v) is 2.60. The van der Waals surface area contributed by atoms with Gasteiger partial charge < -0.3 is 69.3 Å². The summed E-state index contributed by atoms with van der Waals surface area (Å²) in [6.07, 6.45) is 0. The Hall–Kier alpha value is 1.32. The van der Waals surface area contributed by atoms with Crippen LogP contribution in [-0.2, 0) is 44.7 Å². The SMILES string of the molecule is CN(C)C(=S)SSC(=S)N(C)C.CN(C)C(=S)[S-].CN(C)C(=S)[S-].[Zn+2]. The largest absolute Gasteiger partial charge is 2.00 e. The maximum absolute atomic E-state index is 5.07. The molecule has 0 radical (unpaired) electrons. The normalized spacial score (nSPS) is 8.16. The number of hydrogen-bond acceptors (Lipinski definition) is 8. The quantitative estimate of drug-likeness (QED) is 0.192. The van der Waals surface area contributed by atoms with Gasteiger partial charge in [0, 0.05) is 56.4 Å². The van der Waals surface area contributed by atoms with Crippen LogP contribution in [0, 0.1) is 0 Å². The second-order valence-electron chi connectivity index (χ2n) is 4.81. The molecule has 0 aliphatic rings. The van der Waals surface area contributed by atoms with Crippen LogP contribution in [-0.4, -0.2) is 93.3 Å². The summed E-state index contributed by atoms with van der Waals surface area (Å²) in [7, 11) is 18.0. The Balaban J connectivity index is -0.000000144. The van der Waals surface area contributed by atoms with Crippen molar-refractivity contribution in [2.24, 2.45) is 0 Å². The monoisotopic (exact) mass is 544 g/mol. The Bertz CT molecular complexity index is 378. The topological polar surface area (TPSA) is 13.0 Å². The molecule has 0 heterocycles. The van der Waals surface area contributed by atoms with Gasteiger partial charge in [0.25, 0.3) is 0 Å². The zero-order chi connectivity index (χ0) is 20.0. The van der Waals surface area contributed by atoms with Crippen LogP contribution in [0.3, 0.4) is 0 Å². The molecule has 0 aliphatic heterocycles. The number of nitrogens with zero attached hydrogens (tertiary/aromatic N) is 4. The van der Waals surface area contributed by atoms with Crippen LogP contribution in [0.5, 0.6) is 0 Å². The second kappa shape index (κ2) is 20.1. The Labute approximate surface area is 206 Å². The summed E-state index contributed by atoms with van der Waals surface area (Å²) in [4.78, 5) is 7.21. The van der Waals surface area contributed by atoms with Gasteiger partial charge in [-0.15, -0.1) is 0 Å². The molecule has 0 saturated carbocycles. The van der Waals surface area contributed by atoms with E-state index in [1.165, 1.54) is 21.6 Å². The Kier molecular flexibility index (Phi) is 27.2. The van der Waals surface area contributed by atoms with E-state index in [-0.39, 0.29) is 19.5 Å². The molecule has 0 aromatic rings. The van der Waals surface area contributed by atoms with Crippen molar-refractivity contribution in [1.29, 1.82) is 0 Å². The van der Waals surface area contributed by atoms with Crippen LogP contribution in [0.15, 0.2) is 0 Å². The molecule has 13 heteroatoms. The summed E-state index contributed by atoms with van der Waals surface area (Å²) in [6.45, 7) is 0. The van der Waals surface area contributed by atoms with Gasteiger partial charge in [-0.2, -0.15) is 0 Å². The maximum Gasteiger partial charge on any atom is 2.00 e. The molecule has 4 nitrogen and oxygen atoms in total. The first-order valence-electron chi connectivity index (χ1n) is 6.27. The van der Waals surface area contributed by atoms with Crippen LogP contribution in [0.2, 0.25) is 0 Å². The van der Waals surface area contributed by atoms with Gasteiger partial charge in [-0.3, -0.25) is 0 Å².